The Bertz CT molecular complexity index is 120. The lowest BCUT2D eigenvalue weighted by atomic mass is 9.92. The van der Waals surface area contributed by atoms with E-state index in [4.69, 9.17) is 0 Å². The van der Waals surface area contributed by atoms with E-state index in [0.29, 0.717) is 5.92 Å². The van der Waals surface area contributed by atoms with Crippen LogP contribution in [-0.2, 0) is 0 Å². The largest absolute Gasteiger partial charge is 0.393 e. The predicted molar refractivity (Wildman–Crippen MR) is 58.7 cm³/mol. The van der Waals surface area contributed by atoms with Crippen LogP contribution in [0.5, 0.6) is 0 Å². The van der Waals surface area contributed by atoms with E-state index in [1.54, 1.807) is 6.08 Å². The Kier molecular flexibility index (Phi) is 8.11. The van der Waals surface area contributed by atoms with Crippen molar-refractivity contribution in [2.45, 2.75) is 58.5 Å². The van der Waals surface area contributed by atoms with Gasteiger partial charge in [0, 0.05) is 0 Å². The summed E-state index contributed by atoms with van der Waals surface area (Å²) < 4.78 is 0. The van der Waals surface area contributed by atoms with E-state index in [-0.39, 0.29) is 6.10 Å². The SMILES string of the molecule is C=CCC(O)CC(CC)CCCC. The Morgan fingerprint density at radius 1 is 1.38 bits per heavy atom. The highest BCUT2D eigenvalue weighted by molar-refractivity contribution is 4.74. The maximum Gasteiger partial charge on any atom is 0.0577 e. The zero-order chi connectivity index (χ0) is 10.1. The molecule has 0 aromatic carbocycles. The third kappa shape index (κ3) is 6.83. The molecule has 1 heteroatoms. The topological polar surface area (TPSA) is 20.2 Å². The highest BCUT2D eigenvalue weighted by Crippen LogP contribution is 2.19. The number of aliphatic hydroxyl groups is 1. The molecule has 0 rings (SSSR count). The summed E-state index contributed by atoms with van der Waals surface area (Å²) in [6, 6.07) is 0. The van der Waals surface area contributed by atoms with Crippen molar-refractivity contribution >= 4 is 0 Å². The van der Waals surface area contributed by atoms with Crippen molar-refractivity contribution in [1.29, 1.82) is 0 Å². The molecule has 1 nitrogen and oxygen atoms in total. The minimum atomic E-state index is -0.167. The molecular formula is C12H24O. The summed E-state index contributed by atoms with van der Waals surface area (Å²) in [5, 5.41) is 9.58. The molecule has 78 valence electrons. The average Bonchev–Trinajstić information content (AvgIpc) is 2.12. The van der Waals surface area contributed by atoms with E-state index in [9.17, 15) is 5.11 Å². The fraction of sp³-hybridized carbons (Fsp3) is 0.833. The van der Waals surface area contributed by atoms with Crippen LogP contribution in [-0.4, -0.2) is 11.2 Å². The Balaban J connectivity index is 3.61. The maximum atomic E-state index is 9.58. The lowest BCUT2D eigenvalue weighted by Crippen LogP contribution is -2.12. The van der Waals surface area contributed by atoms with E-state index in [1.165, 1.54) is 25.7 Å². The molecule has 0 saturated carbocycles. The Hall–Kier alpha value is -0.300. The molecule has 0 aromatic rings. The van der Waals surface area contributed by atoms with Crippen molar-refractivity contribution in [2.24, 2.45) is 5.92 Å². The Labute approximate surface area is 82.9 Å². The Morgan fingerprint density at radius 3 is 2.54 bits per heavy atom. The van der Waals surface area contributed by atoms with Gasteiger partial charge in [0.2, 0.25) is 0 Å². The molecule has 2 atom stereocenters. The monoisotopic (exact) mass is 184 g/mol. The van der Waals surface area contributed by atoms with Crippen LogP contribution in [0.2, 0.25) is 0 Å². The van der Waals surface area contributed by atoms with Crippen LogP contribution in [0.3, 0.4) is 0 Å². The lowest BCUT2D eigenvalue weighted by Gasteiger charge is -2.17. The number of rotatable bonds is 8. The van der Waals surface area contributed by atoms with Gasteiger partial charge in [0.05, 0.1) is 6.10 Å². The first-order chi connectivity index (χ1) is 6.24. The van der Waals surface area contributed by atoms with E-state index < -0.39 is 0 Å². The summed E-state index contributed by atoms with van der Waals surface area (Å²) in [6.45, 7) is 8.06. The van der Waals surface area contributed by atoms with Gasteiger partial charge in [-0.15, -0.1) is 6.58 Å². The second kappa shape index (κ2) is 8.31. The fourth-order valence-corrected chi connectivity index (χ4v) is 1.65. The molecule has 0 saturated heterocycles. The van der Waals surface area contributed by atoms with Gasteiger partial charge in [0.25, 0.3) is 0 Å². The highest BCUT2D eigenvalue weighted by Gasteiger charge is 2.10. The van der Waals surface area contributed by atoms with Crippen molar-refractivity contribution < 1.29 is 5.11 Å². The van der Waals surface area contributed by atoms with Crippen LogP contribution in [0.4, 0.5) is 0 Å². The summed E-state index contributed by atoms with van der Waals surface area (Å²) in [6.07, 6.45) is 8.32. The van der Waals surface area contributed by atoms with Gasteiger partial charge >= 0.3 is 0 Å². The smallest absolute Gasteiger partial charge is 0.0577 e. The van der Waals surface area contributed by atoms with Crippen LogP contribution >= 0.6 is 0 Å². The molecule has 13 heavy (non-hydrogen) atoms. The van der Waals surface area contributed by atoms with Crippen molar-refractivity contribution in [1.82, 2.24) is 0 Å². The third-order valence-corrected chi connectivity index (χ3v) is 2.59. The number of aliphatic hydroxyl groups excluding tert-OH is 1. The highest BCUT2D eigenvalue weighted by atomic mass is 16.3. The standard InChI is InChI=1S/C12H24O/c1-4-7-9-11(6-3)10-12(13)8-5-2/h5,11-13H,2,4,6-10H2,1,3H3. The van der Waals surface area contributed by atoms with E-state index in [2.05, 4.69) is 20.4 Å². The number of hydrogen-bond donors (Lipinski definition) is 1. The van der Waals surface area contributed by atoms with Crippen molar-refractivity contribution in [2.75, 3.05) is 0 Å². The van der Waals surface area contributed by atoms with E-state index in [0.717, 1.165) is 12.8 Å². The molecular weight excluding hydrogens is 160 g/mol. The Morgan fingerprint density at radius 2 is 2.08 bits per heavy atom. The van der Waals surface area contributed by atoms with Gasteiger partial charge in [-0.25, -0.2) is 0 Å². The molecule has 0 heterocycles. The van der Waals surface area contributed by atoms with Gasteiger partial charge in [0.1, 0.15) is 0 Å². The second-order valence-electron chi connectivity index (χ2n) is 3.83. The molecule has 0 fully saturated rings. The molecule has 0 aliphatic heterocycles. The van der Waals surface area contributed by atoms with Crippen LogP contribution in [0.25, 0.3) is 0 Å². The van der Waals surface area contributed by atoms with Crippen molar-refractivity contribution in [3.63, 3.8) is 0 Å². The van der Waals surface area contributed by atoms with Gasteiger partial charge in [-0.05, 0) is 18.8 Å². The molecule has 0 aromatic heterocycles. The zero-order valence-corrected chi connectivity index (χ0v) is 9.13. The van der Waals surface area contributed by atoms with E-state index in [1.807, 2.05) is 0 Å². The molecule has 1 N–H and O–H groups in total. The summed E-state index contributed by atoms with van der Waals surface area (Å²) >= 11 is 0. The average molecular weight is 184 g/mol. The van der Waals surface area contributed by atoms with Crippen molar-refractivity contribution in [3.05, 3.63) is 12.7 Å². The van der Waals surface area contributed by atoms with Gasteiger partial charge in [-0.1, -0.05) is 45.6 Å². The summed E-state index contributed by atoms with van der Waals surface area (Å²) in [4.78, 5) is 0. The first-order valence-corrected chi connectivity index (χ1v) is 5.53. The molecule has 0 radical (unpaired) electrons. The maximum absolute atomic E-state index is 9.58. The van der Waals surface area contributed by atoms with Gasteiger partial charge in [-0.3, -0.25) is 0 Å². The molecule has 0 bridgehead atoms. The van der Waals surface area contributed by atoms with Crippen LogP contribution in [0, 0.1) is 5.92 Å². The third-order valence-electron chi connectivity index (χ3n) is 2.59. The minimum absolute atomic E-state index is 0.167. The number of hydrogen-bond acceptors (Lipinski definition) is 1. The molecule has 2 unspecified atom stereocenters. The molecule has 0 aliphatic carbocycles. The summed E-state index contributed by atoms with van der Waals surface area (Å²) in [7, 11) is 0. The molecule has 0 aliphatic rings. The fourth-order valence-electron chi connectivity index (χ4n) is 1.65. The summed E-state index contributed by atoms with van der Waals surface area (Å²) in [5.41, 5.74) is 0. The van der Waals surface area contributed by atoms with Gasteiger partial charge < -0.3 is 5.11 Å². The first-order valence-electron chi connectivity index (χ1n) is 5.53. The first kappa shape index (κ1) is 12.7. The molecule has 0 amide bonds. The minimum Gasteiger partial charge on any atom is -0.393 e. The predicted octanol–water partition coefficient (Wildman–Crippen LogP) is 3.53. The normalized spacial score (nSPS) is 15.3. The second-order valence-corrected chi connectivity index (χ2v) is 3.83. The number of unbranched alkanes of at least 4 members (excludes halogenated alkanes) is 1. The van der Waals surface area contributed by atoms with Gasteiger partial charge in [-0.2, -0.15) is 0 Å². The van der Waals surface area contributed by atoms with Crippen LogP contribution < -0.4 is 0 Å². The molecule has 0 spiro atoms. The summed E-state index contributed by atoms with van der Waals surface area (Å²) in [5.74, 6) is 0.704. The lowest BCUT2D eigenvalue weighted by molar-refractivity contribution is 0.140. The van der Waals surface area contributed by atoms with Gasteiger partial charge in [0.15, 0.2) is 0 Å². The van der Waals surface area contributed by atoms with Crippen LogP contribution in [0.1, 0.15) is 52.4 Å². The van der Waals surface area contributed by atoms with Crippen molar-refractivity contribution in [3.8, 4) is 0 Å². The quantitative estimate of drug-likeness (QED) is 0.572. The van der Waals surface area contributed by atoms with Crippen LogP contribution in [0.15, 0.2) is 12.7 Å². The van der Waals surface area contributed by atoms with E-state index >= 15 is 0 Å². The zero-order valence-electron chi connectivity index (χ0n) is 9.13.